The number of aromatic carboxylic acids is 1. The second-order valence-electron chi connectivity index (χ2n) is 5.46. The largest absolute Gasteiger partial charge is 0.478 e. The minimum Gasteiger partial charge on any atom is -0.478 e. The van der Waals surface area contributed by atoms with Crippen LogP contribution in [0.25, 0.3) is 0 Å². The fraction of sp³-hybridized carbons (Fsp3) is 0.533. The van der Waals surface area contributed by atoms with Crippen molar-refractivity contribution in [3.8, 4) is 0 Å². The molecule has 0 saturated heterocycles. The molecule has 1 aromatic carbocycles. The zero-order valence-electron chi connectivity index (χ0n) is 12.6. The molecule has 0 aliphatic carbocycles. The van der Waals surface area contributed by atoms with Gasteiger partial charge in [0.05, 0.1) is 28.9 Å². The lowest BCUT2D eigenvalue weighted by Crippen LogP contribution is -2.18. The highest BCUT2D eigenvalue weighted by atomic mass is 32.2. The molecule has 1 N–H and O–H groups in total. The van der Waals surface area contributed by atoms with Crippen LogP contribution in [-0.2, 0) is 14.6 Å². The predicted molar refractivity (Wildman–Crippen MR) is 80.3 cm³/mol. The van der Waals surface area contributed by atoms with Gasteiger partial charge in [0.25, 0.3) is 0 Å². The maximum atomic E-state index is 12.1. The molecule has 0 aromatic heterocycles. The number of sulfone groups is 1. The van der Waals surface area contributed by atoms with Gasteiger partial charge >= 0.3 is 5.97 Å². The van der Waals surface area contributed by atoms with Crippen LogP contribution in [0, 0.1) is 5.92 Å². The van der Waals surface area contributed by atoms with Crippen LogP contribution in [0.5, 0.6) is 0 Å². The Hall–Kier alpha value is -1.40. The minimum atomic E-state index is -3.44. The Bertz CT molecular complexity index is 560. The molecule has 0 radical (unpaired) electrons. The molecule has 5 nitrogen and oxygen atoms in total. The molecule has 0 aliphatic heterocycles. The van der Waals surface area contributed by atoms with E-state index in [-0.39, 0.29) is 28.9 Å². The number of carboxylic acids is 1. The van der Waals surface area contributed by atoms with Crippen LogP contribution < -0.4 is 0 Å². The maximum Gasteiger partial charge on any atom is 0.335 e. The Morgan fingerprint density at radius 3 is 2.24 bits per heavy atom. The molecule has 1 aromatic rings. The van der Waals surface area contributed by atoms with Gasteiger partial charge in [-0.05, 0) is 43.5 Å². The summed E-state index contributed by atoms with van der Waals surface area (Å²) in [4.78, 5) is 10.8. The topological polar surface area (TPSA) is 80.7 Å². The summed E-state index contributed by atoms with van der Waals surface area (Å²) in [5.41, 5.74) is 0.0655. The van der Waals surface area contributed by atoms with E-state index in [0.717, 1.165) is 6.42 Å². The van der Waals surface area contributed by atoms with Crippen molar-refractivity contribution in [1.82, 2.24) is 0 Å². The van der Waals surface area contributed by atoms with Gasteiger partial charge in [-0.25, -0.2) is 13.2 Å². The van der Waals surface area contributed by atoms with E-state index in [0.29, 0.717) is 5.92 Å². The lowest BCUT2D eigenvalue weighted by atomic mass is 10.1. The Balaban J connectivity index is 2.59. The number of carboxylic acid groups (broad SMARTS) is 1. The fourth-order valence-corrected chi connectivity index (χ4v) is 3.12. The lowest BCUT2D eigenvalue weighted by molar-refractivity contribution is 0.0626. The van der Waals surface area contributed by atoms with Gasteiger partial charge in [-0.2, -0.15) is 0 Å². The Morgan fingerprint density at radius 1 is 1.19 bits per heavy atom. The Kier molecular flexibility index (Phi) is 6.36. The van der Waals surface area contributed by atoms with Crippen LogP contribution in [0.1, 0.15) is 37.6 Å². The smallest absolute Gasteiger partial charge is 0.335 e. The van der Waals surface area contributed by atoms with Crippen molar-refractivity contribution >= 4 is 15.8 Å². The standard InChI is InChI=1S/C15H22O5S/c1-11(2)10-12(3)20-8-9-21(18,19)14-6-4-13(5-7-14)15(16)17/h4-7,11-12H,8-10H2,1-3H3,(H,16,17). The van der Waals surface area contributed by atoms with E-state index in [1.54, 1.807) is 0 Å². The van der Waals surface area contributed by atoms with Gasteiger partial charge in [0.15, 0.2) is 9.84 Å². The zero-order valence-corrected chi connectivity index (χ0v) is 13.4. The van der Waals surface area contributed by atoms with Gasteiger partial charge in [0.2, 0.25) is 0 Å². The average molecular weight is 314 g/mol. The van der Waals surface area contributed by atoms with Crippen LogP contribution >= 0.6 is 0 Å². The molecule has 0 amide bonds. The number of rotatable bonds is 8. The summed E-state index contributed by atoms with van der Waals surface area (Å²) in [5.74, 6) is -0.688. The number of hydrogen-bond acceptors (Lipinski definition) is 4. The van der Waals surface area contributed by atoms with E-state index in [2.05, 4.69) is 13.8 Å². The minimum absolute atomic E-state index is 0.0228. The molecule has 1 rings (SSSR count). The maximum absolute atomic E-state index is 12.1. The molecular formula is C15H22O5S. The fourth-order valence-electron chi connectivity index (χ4n) is 2.01. The van der Waals surface area contributed by atoms with Gasteiger partial charge in [0, 0.05) is 0 Å². The third-order valence-electron chi connectivity index (χ3n) is 3.02. The summed E-state index contributed by atoms with van der Waals surface area (Å²) >= 11 is 0. The second kappa shape index (κ2) is 7.56. The molecule has 0 aliphatic rings. The van der Waals surface area contributed by atoms with Gasteiger partial charge < -0.3 is 9.84 Å². The summed E-state index contributed by atoms with van der Waals surface area (Å²) < 4.78 is 29.7. The van der Waals surface area contributed by atoms with E-state index in [4.69, 9.17) is 9.84 Å². The molecule has 21 heavy (non-hydrogen) atoms. The summed E-state index contributed by atoms with van der Waals surface area (Å²) in [6.45, 7) is 6.23. The first-order valence-electron chi connectivity index (χ1n) is 6.90. The highest BCUT2D eigenvalue weighted by molar-refractivity contribution is 7.91. The van der Waals surface area contributed by atoms with Crippen LogP contribution in [0.15, 0.2) is 29.2 Å². The summed E-state index contributed by atoms with van der Waals surface area (Å²) in [7, 11) is -3.44. The molecule has 0 heterocycles. The molecule has 0 bridgehead atoms. The summed E-state index contributed by atoms with van der Waals surface area (Å²) in [6.07, 6.45) is 0.905. The lowest BCUT2D eigenvalue weighted by Gasteiger charge is -2.15. The van der Waals surface area contributed by atoms with Crippen molar-refractivity contribution in [3.63, 3.8) is 0 Å². The van der Waals surface area contributed by atoms with Crippen molar-refractivity contribution in [2.45, 2.75) is 38.2 Å². The van der Waals surface area contributed by atoms with Crippen LogP contribution in [-0.4, -0.2) is 38.0 Å². The average Bonchev–Trinajstić information content (AvgIpc) is 2.37. The Labute approximate surface area is 125 Å². The zero-order chi connectivity index (χ0) is 16.0. The predicted octanol–water partition coefficient (Wildman–Crippen LogP) is 2.61. The van der Waals surface area contributed by atoms with Crippen LogP contribution in [0.4, 0.5) is 0 Å². The summed E-state index contributed by atoms with van der Waals surface area (Å²) in [6, 6.07) is 5.21. The van der Waals surface area contributed by atoms with E-state index >= 15 is 0 Å². The molecule has 0 saturated carbocycles. The van der Waals surface area contributed by atoms with Crippen molar-refractivity contribution in [2.75, 3.05) is 12.4 Å². The van der Waals surface area contributed by atoms with E-state index in [1.165, 1.54) is 24.3 Å². The van der Waals surface area contributed by atoms with Crippen molar-refractivity contribution in [3.05, 3.63) is 29.8 Å². The molecule has 0 fully saturated rings. The van der Waals surface area contributed by atoms with Crippen molar-refractivity contribution in [1.29, 1.82) is 0 Å². The molecule has 1 atom stereocenters. The van der Waals surface area contributed by atoms with E-state index < -0.39 is 15.8 Å². The van der Waals surface area contributed by atoms with Gasteiger partial charge in [-0.3, -0.25) is 0 Å². The number of hydrogen-bond donors (Lipinski definition) is 1. The highest BCUT2D eigenvalue weighted by Gasteiger charge is 2.16. The summed E-state index contributed by atoms with van der Waals surface area (Å²) in [5, 5.41) is 8.78. The molecular weight excluding hydrogens is 292 g/mol. The first kappa shape index (κ1) is 17.7. The Morgan fingerprint density at radius 2 is 1.76 bits per heavy atom. The molecule has 6 heteroatoms. The van der Waals surface area contributed by atoms with Crippen LogP contribution in [0.3, 0.4) is 0 Å². The SMILES string of the molecule is CC(C)CC(C)OCCS(=O)(=O)c1ccc(C(=O)O)cc1. The normalized spacial score (nSPS) is 13.3. The van der Waals surface area contributed by atoms with Gasteiger partial charge in [-0.1, -0.05) is 13.8 Å². The number of ether oxygens (including phenoxy) is 1. The third kappa shape index (κ3) is 5.85. The van der Waals surface area contributed by atoms with E-state index in [9.17, 15) is 13.2 Å². The molecule has 118 valence electrons. The number of carbonyl (C=O) groups is 1. The monoisotopic (exact) mass is 314 g/mol. The van der Waals surface area contributed by atoms with Crippen LogP contribution in [0.2, 0.25) is 0 Å². The van der Waals surface area contributed by atoms with Crippen molar-refractivity contribution < 1.29 is 23.1 Å². The van der Waals surface area contributed by atoms with Gasteiger partial charge in [0.1, 0.15) is 0 Å². The third-order valence-corrected chi connectivity index (χ3v) is 4.71. The quantitative estimate of drug-likeness (QED) is 0.797. The first-order valence-corrected chi connectivity index (χ1v) is 8.55. The second-order valence-corrected chi connectivity index (χ2v) is 7.57. The molecule has 1 unspecified atom stereocenters. The molecule has 0 spiro atoms. The van der Waals surface area contributed by atoms with E-state index in [1.807, 2.05) is 6.92 Å². The van der Waals surface area contributed by atoms with Crippen molar-refractivity contribution in [2.24, 2.45) is 5.92 Å². The highest BCUT2D eigenvalue weighted by Crippen LogP contribution is 2.14. The first-order chi connectivity index (χ1) is 9.72. The van der Waals surface area contributed by atoms with Gasteiger partial charge in [-0.15, -0.1) is 0 Å². The number of benzene rings is 1.